The molecule has 0 spiro atoms. The number of rotatable bonds is 7. The van der Waals surface area contributed by atoms with Crippen LogP contribution in [0.15, 0.2) is 66.7 Å². The van der Waals surface area contributed by atoms with Crippen LogP contribution in [0.5, 0.6) is 0 Å². The molecule has 32 heavy (non-hydrogen) atoms. The zero-order valence-corrected chi connectivity index (χ0v) is 18.9. The van der Waals surface area contributed by atoms with E-state index < -0.39 is 10.0 Å². The second-order valence-corrected chi connectivity index (χ2v) is 9.35. The predicted molar refractivity (Wildman–Crippen MR) is 128 cm³/mol. The van der Waals surface area contributed by atoms with Crippen LogP contribution in [0.4, 0.5) is 17.1 Å². The number of benzene rings is 3. The first kappa shape index (κ1) is 23.0. The Balaban J connectivity index is 1.75. The Morgan fingerprint density at radius 3 is 2.09 bits per heavy atom. The molecule has 0 aliphatic carbocycles. The molecule has 3 aromatic carbocycles. The van der Waals surface area contributed by atoms with Gasteiger partial charge in [-0.2, -0.15) is 0 Å². The summed E-state index contributed by atoms with van der Waals surface area (Å²) in [6.07, 6.45) is 0. The summed E-state index contributed by atoms with van der Waals surface area (Å²) in [5, 5.41) is 5.65. The lowest BCUT2D eigenvalue weighted by Gasteiger charge is -2.13. The van der Waals surface area contributed by atoms with Crippen molar-refractivity contribution < 1.29 is 18.0 Å². The van der Waals surface area contributed by atoms with Crippen molar-refractivity contribution >= 4 is 38.9 Å². The average molecular weight is 452 g/mol. The first-order chi connectivity index (χ1) is 15.2. The number of amides is 2. The van der Waals surface area contributed by atoms with Crippen molar-refractivity contribution in [1.29, 1.82) is 0 Å². The summed E-state index contributed by atoms with van der Waals surface area (Å²) in [6, 6.07) is 18.8. The molecule has 0 bridgehead atoms. The maximum atomic E-state index is 12.8. The van der Waals surface area contributed by atoms with E-state index in [0.29, 0.717) is 33.8 Å². The molecule has 0 aromatic heterocycles. The van der Waals surface area contributed by atoms with Gasteiger partial charge in [0.25, 0.3) is 11.8 Å². The van der Waals surface area contributed by atoms with Gasteiger partial charge in [0.2, 0.25) is 10.0 Å². The molecule has 166 valence electrons. The Morgan fingerprint density at radius 1 is 0.750 bits per heavy atom. The van der Waals surface area contributed by atoms with Crippen molar-refractivity contribution in [3.63, 3.8) is 0 Å². The topological polar surface area (TPSA) is 104 Å². The molecule has 3 N–H and O–H groups in total. The molecule has 0 atom stereocenters. The number of nitrogens with one attached hydrogen (secondary N) is 3. The van der Waals surface area contributed by atoms with Crippen LogP contribution in [0, 0.1) is 13.8 Å². The van der Waals surface area contributed by atoms with Crippen molar-refractivity contribution in [2.24, 2.45) is 0 Å². The van der Waals surface area contributed by atoms with Gasteiger partial charge in [0.1, 0.15) is 0 Å². The molecule has 2 amide bonds. The van der Waals surface area contributed by atoms with Gasteiger partial charge in [0.05, 0.1) is 11.4 Å². The smallest absolute Gasteiger partial charge is 0.255 e. The van der Waals surface area contributed by atoms with Crippen LogP contribution >= 0.6 is 0 Å². The van der Waals surface area contributed by atoms with Gasteiger partial charge in [-0.3, -0.25) is 14.3 Å². The van der Waals surface area contributed by atoms with E-state index in [1.165, 1.54) is 0 Å². The van der Waals surface area contributed by atoms with Crippen molar-refractivity contribution in [1.82, 2.24) is 0 Å². The summed E-state index contributed by atoms with van der Waals surface area (Å²) in [7, 11) is -3.38. The fraction of sp³-hybridized carbons (Fsp3) is 0.167. The second kappa shape index (κ2) is 9.65. The van der Waals surface area contributed by atoms with Crippen molar-refractivity contribution in [2.75, 3.05) is 21.1 Å². The number of aryl methyl sites for hydroxylation is 2. The highest BCUT2D eigenvalue weighted by atomic mass is 32.2. The van der Waals surface area contributed by atoms with Gasteiger partial charge in [-0.05, 0) is 74.4 Å². The zero-order chi connectivity index (χ0) is 23.3. The number of anilines is 3. The Hall–Kier alpha value is -3.65. The van der Waals surface area contributed by atoms with E-state index in [9.17, 15) is 18.0 Å². The first-order valence-corrected chi connectivity index (χ1v) is 11.7. The average Bonchev–Trinajstić information content (AvgIpc) is 2.77. The summed E-state index contributed by atoms with van der Waals surface area (Å²) in [6.45, 7) is 5.17. The number of hydrogen-bond donors (Lipinski definition) is 3. The van der Waals surface area contributed by atoms with Crippen LogP contribution in [-0.2, 0) is 10.0 Å². The van der Waals surface area contributed by atoms with Gasteiger partial charge >= 0.3 is 0 Å². The molecule has 0 aliphatic heterocycles. The highest BCUT2D eigenvalue weighted by Crippen LogP contribution is 2.23. The highest BCUT2D eigenvalue weighted by Gasteiger charge is 2.13. The Labute approximate surface area is 187 Å². The molecule has 3 rings (SSSR count). The second-order valence-electron chi connectivity index (χ2n) is 7.34. The lowest BCUT2D eigenvalue weighted by Crippen LogP contribution is -2.16. The Bertz CT molecular complexity index is 1260. The van der Waals surface area contributed by atoms with Gasteiger partial charge in [-0.1, -0.05) is 24.3 Å². The van der Waals surface area contributed by atoms with E-state index in [1.54, 1.807) is 74.5 Å². The Kier molecular flexibility index (Phi) is 6.95. The monoisotopic (exact) mass is 451 g/mol. The molecular formula is C24H25N3O4S. The summed E-state index contributed by atoms with van der Waals surface area (Å²) < 4.78 is 26.1. The first-order valence-electron chi connectivity index (χ1n) is 10.1. The summed E-state index contributed by atoms with van der Waals surface area (Å²) in [4.78, 5) is 25.2. The van der Waals surface area contributed by atoms with Gasteiger partial charge in [-0.15, -0.1) is 0 Å². The quantitative estimate of drug-likeness (QED) is 0.489. The third-order valence-corrected chi connectivity index (χ3v) is 6.20. The van der Waals surface area contributed by atoms with Crippen molar-refractivity contribution in [3.8, 4) is 0 Å². The molecule has 0 unspecified atom stereocenters. The lowest BCUT2D eigenvalue weighted by molar-refractivity contribution is 0.101. The third-order valence-electron chi connectivity index (χ3n) is 4.91. The molecule has 0 saturated heterocycles. The maximum absolute atomic E-state index is 12.8. The molecule has 7 nitrogen and oxygen atoms in total. The Morgan fingerprint density at radius 2 is 1.44 bits per heavy atom. The van der Waals surface area contributed by atoms with Crippen LogP contribution in [0.1, 0.15) is 38.8 Å². The number of sulfonamides is 1. The van der Waals surface area contributed by atoms with E-state index in [0.717, 1.165) is 5.56 Å². The lowest BCUT2D eigenvalue weighted by atomic mass is 10.1. The van der Waals surface area contributed by atoms with Crippen LogP contribution in [0.2, 0.25) is 0 Å². The molecular weight excluding hydrogens is 426 g/mol. The molecule has 0 fully saturated rings. The minimum Gasteiger partial charge on any atom is -0.322 e. The number of carbonyl (C=O) groups is 2. The standard InChI is InChI=1S/C24H25N3O4S/c1-4-32(30,31)27-21-13-12-20(14-17(21)3)25-24(29)19-11-10-16(2)22(15-19)26-23(28)18-8-6-5-7-9-18/h5-15,27H,4H2,1-3H3,(H,25,29)(H,26,28). The van der Waals surface area contributed by atoms with E-state index in [1.807, 2.05) is 13.0 Å². The van der Waals surface area contributed by atoms with Crippen molar-refractivity contribution in [2.45, 2.75) is 20.8 Å². The van der Waals surface area contributed by atoms with Crippen LogP contribution in [-0.4, -0.2) is 26.0 Å². The van der Waals surface area contributed by atoms with E-state index in [2.05, 4.69) is 15.4 Å². The van der Waals surface area contributed by atoms with E-state index in [-0.39, 0.29) is 17.6 Å². The van der Waals surface area contributed by atoms with E-state index in [4.69, 9.17) is 0 Å². The largest absolute Gasteiger partial charge is 0.322 e. The molecule has 0 saturated carbocycles. The SMILES string of the molecule is CCS(=O)(=O)Nc1ccc(NC(=O)c2ccc(C)c(NC(=O)c3ccccc3)c2)cc1C. The molecule has 0 aliphatic rings. The van der Waals surface area contributed by atoms with Crippen molar-refractivity contribution in [3.05, 3.63) is 89.0 Å². The van der Waals surface area contributed by atoms with Crippen LogP contribution < -0.4 is 15.4 Å². The predicted octanol–water partition coefficient (Wildman–Crippen LogP) is 4.57. The fourth-order valence-corrected chi connectivity index (χ4v) is 3.69. The molecule has 8 heteroatoms. The van der Waals surface area contributed by atoms with Gasteiger partial charge in [-0.25, -0.2) is 8.42 Å². The molecule has 3 aromatic rings. The maximum Gasteiger partial charge on any atom is 0.255 e. The summed E-state index contributed by atoms with van der Waals surface area (Å²) >= 11 is 0. The normalized spacial score (nSPS) is 11.0. The summed E-state index contributed by atoms with van der Waals surface area (Å²) in [5.74, 6) is -0.630. The number of carbonyl (C=O) groups excluding carboxylic acids is 2. The third kappa shape index (κ3) is 5.73. The van der Waals surface area contributed by atoms with Crippen LogP contribution in [0.25, 0.3) is 0 Å². The number of hydrogen-bond acceptors (Lipinski definition) is 4. The molecule has 0 radical (unpaired) electrons. The fourth-order valence-electron chi connectivity index (χ4n) is 2.98. The van der Waals surface area contributed by atoms with E-state index >= 15 is 0 Å². The van der Waals surface area contributed by atoms with Gasteiger partial charge in [0, 0.05) is 22.5 Å². The minimum absolute atomic E-state index is 0.0263. The summed E-state index contributed by atoms with van der Waals surface area (Å²) in [5.41, 5.74) is 3.96. The zero-order valence-electron chi connectivity index (χ0n) is 18.1. The van der Waals surface area contributed by atoms with Gasteiger partial charge in [0.15, 0.2) is 0 Å². The van der Waals surface area contributed by atoms with Gasteiger partial charge < -0.3 is 10.6 Å². The minimum atomic E-state index is -3.38. The van der Waals surface area contributed by atoms with Crippen LogP contribution in [0.3, 0.4) is 0 Å². The molecule has 0 heterocycles. The highest BCUT2D eigenvalue weighted by molar-refractivity contribution is 7.92.